The van der Waals surface area contributed by atoms with Gasteiger partial charge in [-0.05, 0) is 38.1 Å². The topological polar surface area (TPSA) is 109 Å². The number of ether oxygens (including phenoxy) is 2. The molecule has 1 aromatic rings. The highest BCUT2D eigenvalue weighted by Crippen LogP contribution is 2.29. The van der Waals surface area contributed by atoms with E-state index >= 15 is 0 Å². The number of amides is 2. The Hall–Kier alpha value is -3.07. The van der Waals surface area contributed by atoms with Gasteiger partial charge in [-0.25, -0.2) is 15.0 Å². The number of hydrogen-bond acceptors (Lipinski definition) is 7. The molecule has 2 rings (SSSR count). The molecule has 0 aromatic heterocycles. The summed E-state index contributed by atoms with van der Waals surface area (Å²) in [6, 6.07) is 6.19. The lowest BCUT2D eigenvalue weighted by Crippen LogP contribution is -2.69. The molecule has 1 aromatic carbocycles. The number of hydrogen-bond donors (Lipinski definition) is 2. The Balaban J connectivity index is 2.66. The summed E-state index contributed by atoms with van der Waals surface area (Å²) in [4.78, 5) is 43.3. The number of hydrazine groups is 1. The van der Waals surface area contributed by atoms with E-state index in [1.54, 1.807) is 26.0 Å². The number of aliphatic imine (C=N–C) groups is 1. The number of rotatable bonds is 8. The van der Waals surface area contributed by atoms with Crippen LogP contribution in [0.25, 0.3) is 0 Å². The van der Waals surface area contributed by atoms with Gasteiger partial charge in [-0.2, -0.15) is 5.01 Å². The predicted octanol–water partition coefficient (Wildman–Crippen LogP) is 2.96. The number of halogens is 1. The predicted molar refractivity (Wildman–Crippen MR) is 113 cm³/mol. The van der Waals surface area contributed by atoms with Gasteiger partial charge in [0.15, 0.2) is 11.3 Å². The van der Waals surface area contributed by atoms with Gasteiger partial charge >= 0.3 is 12.2 Å². The van der Waals surface area contributed by atoms with Crippen LogP contribution in [0.15, 0.2) is 41.9 Å². The lowest BCUT2D eigenvalue weighted by molar-refractivity contribution is 0.0355. The average Bonchev–Trinajstić information content (AvgIpc) is 3.26. The van der Waals surface area contributed by atoms with Crippen LogP contribution in [0.3, 0.4) is 0 Å². The Bertz CT molecular complexity index is 827. The first kappa shape index (κ1) is 23.2. The van der Waals surface area contributed by atoms with Crippen molar-refractivity contribution in [1.82, 2.24) is 15.8 Å². The van der Waals surface area contributed by atoms with Crippen molar-refractivity contribution >= 4 is 35.4 Å². The van der Waals surface area contributed by atoms with Crippen molar-refractivity contribution in [3.05, 3.63) is 47.5 Å². The van der Waals surface area contributed by atoms with Crippen LogP contribution < -0.4 is 10.7 Å². The molecule has 0 fully saturated rings. The van der Waals surface area contributed by atoms with E-state index in [2.05, 4.69) is 22.3 Å². The number of benzene rings is 1. The fourth-order valence-electron chi connectivity index (χ4n) is 3.06. The van der Waals surface area contributed by atoms with E-state index in [4.69, 9.17) is 21.1 Å². The van der Waals surface area contributed by atoms with Crippen LogP contribution in [0.5, 0.6) is 0 Å². The molecule has 10 heteroatoms. The van der Waals surface area contributed by atoms with Gasteiger partial charge in [-0.15, -0.1) is 6.58 Å². The summed E-state index contributed by atoms with van der Waals surface area (Å²) in [7, 11) is 0. The van der Waals surface area contributed by atoms with Crippen molar-refractivity contribution in [2.24, 2.45) is 4.99 Å². The highest BCUT2D eigenvalue weighted by atomic mass is 35.5. The molecular formula is C20H25ClN4O5. The summed E-state index contributed by atoms with van der Waals surface area (Å²) in [5, 5.41) is 4.31. The minimum absolute atomic E-state index is 0.0268. The lowest BCUT2D eigenvalue weighted by Gasteiger charge is -2.40. The molecule has 9 nitrogen and oxygen atoms in total. The molecular weight excluding hydrogens is 412 g/mol. The molecule has 30 heavy (non-hydrogen) atoms. The summed E-state index contributed by atoms with van der Waals surface area (Å²) >= 11 is 5.96. The molecule has 0 saturated heterocycles. The average molecular weight is 437 g/mol. The molecule has 1 aliphatic heterocycles. The summed E-state index contributed by atoms with van der Waals surface area (Å²) in [6.07, 6.45) is -0.436. The van der Waals surface area contributed by atoms with Gasteiger partial charge in [-0.3, -0.25) is 9.79 Å². The lowest BCUT2D eigenvalue weighted by atomic mass is 9.84. The number of nitrogens with zero attached hydrogens (tertiary/aromatic N) is 2. The molecule has 0 aliphatic carbocycles. The molecule has 0 bridgehead atoms. The van der Waals surface area contributed by atoms with E-state index in [1.165, 1.54) is 18.2 Å². The quantitative estimate of drug-likeness (QED) is 0.368. The van der Waals surface area contributed by atoms with Gasteiger partial charge < -0.3 is 14.8 Å². The van der Waals surface area contributed by atoms with E-state index in [1.807, 2.05) is 0 Å². The summed E-state index contributed by atoms with van der Waals surface area (Å²) in [5.41, 5.74) is 0.852. The number of amidine groups is 1. The molecule has 1 unspecified atom stereocenters. The van der Waals surface area contributed by atoms with Crippen molar-refractivity contribution in [1.29, 1.82) is 0 Å². The summed E-state index contributed by atoms with van der Waals surface area (Å²) < 4.78 is 10.0. The number of carbonyl (C=O) groups excluding carboxylic acids is 3. The maximum Gasteiger partial charge on any atom is 0.430 e. The first-order chi connectivity index (χ1) is 14.4. The third kappa shape index (κ3) is 4.91. The van der Waals surface area contributed by atoms with Crippen LogP contribution in [0, 0.1) is 0 Å². The number of Topliss-reactive ketones (excluding diaryl/α,β-unsaturated/α-hetero) is 1. The Morgan fingerprint density at radius 3 is 2.47 bits per heavy atom. The van der Waals surface area contributed by atoms with Crippen LogP contribution in [0.1, 0.15) is 30.6 Å². The maximum absolute atomic E-state index is 13.8. The second-order valence-electron chi connectivity index (χ2n) is 6.21. The minimum Gasteiger partial charge on any atom is -0.449 e. The highest BCUT2D eigenvalue weighted by molar-refractivity contribution is 6.30. The second-order valence-corrected chi connectivity index (χ2v) is 6.65. The Morgan fingerprint density at radius 1 is 1.27 bits per heavy atom. The molecule has 0 radical (unpaired) electrons. The standard InChI is InChI=1S/C20H25ClN4O5/c1-4-11-20(17-22-12-13-23-17,16(26)14-7-9-15(21)10-8-14)25(19(28)30-6-3)24-18(27)29-5-2/h4,7-10H,1,5-6,11-13H2,2-3H3,(H,22,23)(H,24,27). The fraction of sp³-hybridized carbons (Fsp3) is 0.400. The second kappa shape index (κ2) is 10.6. The van der Waals surface area contributed by atoms with Gasteiger partial charge in [0.25, 0.3) is 0 Å². The molecule has 0 saturated carbocycles. The van der Waals surface area contributed by atoms with Crippen molar-refractivity contribution in [3.63, 3.8) is 0 Å². The molecule has 1 atom stereocenters. The summed E-state index contributed by atoms with van der Waals surface area (Å²) in [5.74, 6) is -0.288. The maximum atomic E-state index is 13.8. The van der Waals surface area contributed by atoms with Crippen molar-refractivity contribution in [2.45, 2.75) is 25.8 Å². The first-order valence-corrected chi connectivity index (χ1v) is 9.88. The molecule has 1 heterocycles. The van der Waals surface area contributed by atoms with Gasteiger partial charge in [0.05, 0.1) is 19.8 Å². The van der Waals surface area contributed by atoms with Crippen molar-refractivity contribution in [3.8, 4) is 0 Å². The van der Waals surface area contributed by atoms with Crippen LogP contribution >= 0.6 is 11.6 Å². The molecule has 2 amide bonds. The van der Waals surface area contributed by atoms with E-state index in [0.717, 1.165) is 5.01 Å². The van der Waals surface area contributed by atoms with Crippen LogP contribution in [0.2, 0.25) is 5.02 Å². The van der Waals surface area contributed by atoms with Gasteiger partial charge in [0.2, 0.25) is 0 Å². The summed E-state index contributed by atoms with van der Waals surface area (Å²) in [6.45, 7) is 7.93. The van der Waals surface area contributed by atoms with Crippen LogP contribution in [-0.4, -0.2) is 60.7 Å². The minimum atomic E-state index is -1.76. The molecule has 162 valence electrons. The Kier molecular flexibility index (Phi) is 8.23. The Morgan fingerprint density at radius 2 is 1.93 bits per heavy atom. The third-order valence-corrected chi connectivity index (χ3v) is 4.55. The largest absolute Gasteiger partial charge is 0.449 e. The number of ketones is 1. The SMILES string of the molecule is C=CCC(C(=O)c1ccc(Cl)cc1)(C1=NCCN1)N(NC(=O)OCC)C(=O)OCC. The number of carbonyl (C=O) groups is 3. The monoisotopic (exact) mass is 436 g/mol. The van der Waals surface area contributed by atoms with Gasteiger partial charge in [0.1, 0.15) is 5.84 Å². The normalized spacial score (nSPS) is 14.6. The van der Waals surface area contributed by atoms with E-state index in [-0.39, 0.29) is 31.0 Å². The first-order valence-electron chi connectivity index (χ1n) is 9.51. The van der Waals surface area contributed by atoms with Crippen molar-refractivity contribution in [2.75, 3.05) is 26.3 Å². The molecule has 1 aliphatic rings. The van der Waals surface area contributed by atoms with E-state index < -0.39 is 23.5 Å². The molecule has 0 spiro atoms. The zero-order valence-corrected chi connectivity index (χ0v) is 17.7. The van der Waals surface area contributed by atoms with E-state index in [0.29, 0.717) is 18.1 Å². The third-order valence-electron chi connectivity index (χ3n) is 4.30. The molecule has 2 N–H and O–H groups in total. The van der Waals surface area contributed by atoms with Gasteiger partial charge in [0, 0.05) is 23.6 Å². The Labute approximate surface area is 180 Å². The zero-order chi connectivity index (χ0) is 22.1. The number of nitrogens with one attached hydrogen (secondary N) is 2. The van der Waals surface area contributed by atoms with Gasteiger partial charge in [-0.1, -0.05) is 17.7 Å². The highest BCUT2D eigenvalue weighted by Gasteiger charge is 2.53. The van der Waals surface area contributed by atoms with Crippen LogP contribution in [0.4, 0.5) is 9.59 Å². The zero-order valence-electron chi connectivity index (χ0n) is 16.9. The van der Waals surface area contributed by atoms with E-state index in [9.17, 15) is 14.4 Å². The smallest absolute Gasteiger partial charge is 0.430 e. The van der Waals surface area contributed by atoms with Crippen LogP contribution in [-0.2, 0) is 9.47 Å². The van der Waals surface area contributed by atoms with Crippen molar-refractivity contribution < 1.29 is 23.9 Å². The fourth-order valence-corrected chi connectivity index (χ4v) is 3.19.